The molecule has 0 radical (unpaired) electrons. The molecular weight excluding hydrogens is 152 g/mol. The second-order valence-electron chi connectivity index (χ2n) is 2.84. The van der Waals surface area contributed by atoms with Gasteiger partial charge in [-0.3, -0.25) is 0 Å². The van der Waals surface area contributed by atoms with Crippen LogP contribution in [0, 0.1) is 0 Å². The van der Waals surface area contributed by atoms with E-state index in [1.165, 1.54) is 6.08 Å². The van der Waals surface area contributed by atoms with Gasteiger partial charge in [0, 0.05) is 12.5 Å². The first-order valence-corrected chi connectivity index (χ1v) is 3.83. The summed E-state index contributed by atoms with van der Waals surface area (Å²) in [7, 11) is 0. The number of ether oxygens (including phenoxy) is 1. The van der Waals surface area contributed by atoms with E-state index in [-0.39, 0.29) is 12.1 Å². The number of esters is 1. The Labute approximate surface area is 72.2 Å². The fourth-order valence-corrected chi connectivity index (χ4v) is 1.13. The minimum Gasteiger partial charge on any atom is -0.455 e. The van der Waals surface area contributed by atoms with Gasteiger partial charge in [0.2, 0.25) is 0 Å². The molecule has 1 aliphatic rings. The van der Waals surface area contributed by atoms with Gasteiger partial charge in [-0.1, -0.05) is 13.2 Å². The largest absolute Gasteiger partial charge is 0.455 e. The predicted molar refractivity (Wildman–Crippen MR) is 47.6 cm³/mol. The molecule has 0 saturated carbocycles. The number of carbonyl (C=O) groups excluding carboxylic acids is 1. The average Bonchev–Trinajstić information content (AvgIpc) is 2.31. The topological polar surface area (TPSA) is 26.3 Å². The molecule has 1 aliphatic carbocycles. The number of hydrogen-bond donors (Lipinski definition) is 0. The van der Waals surface area contributed by atoms with Crippen LogP contribution in [0.2, 0.25) is 0 Å². The molecule has 0 fully saturated rings. The third kappa shape index (κ3) is 1.84. The van der Waals surface area contributed by atoms with Crippen molar-refractivity contribution in [1.82, 2.24) is 0 Å². The summed E-state index contributed by atoms with van der Waals surface area (Å²) in [5.74, 6) is -0.376. The summed E-state index contributed by atoms with van der Waals surface area (Å²) in [5, 5.41) is 0. The molecule has 0 amide bonds. The number of carbonyl (C=O) groups is 1. The fourth-order valence-electron chi connectivity index (χ4n) is 1.13. The average molecular weight is 164 g/mol. The van der Waals surface area contributed by atoms with E-state index in [2.05, 4.69) is 13.2 Å². The standard InChI is InChI=1S/C10H12O2/c1-4-10(11)12-9-5-7(2)8(3)6-9/h4,6,9H,1-2,5H2,3H3. The minimum atomic E-state index is -0.376. The zero-order valence-electron chi connectivity index (χ0n) is 7.17. The molecule has 0 N–H and O–H groups in total. The van der Waals surface area contributed by atoms with Crippen molar-refractivity contribution >= 4 is 5.97 Å². The van der Waals surface area contributed by atoms with Crippen molar-refractivity contribution in [2.24, 2.45) is 0 Å². The first kappa shape index (κ1) is 8.78. The van der Waals surface area contributed by atoms with Crippen LogP contribution in [-0.2, 0) is 9.53 Å². The van der Waals surface area contributed by atoms with Crippen molar-refractivity contribution in [2.75, 3.05) is 0 Å². The maximum atomic E-state index is 10.8. The first-order chi connectivity index (χ1) is 5.63. The summed E-state index contributed by atoms with van der Waals surface area (Å²) >= 11 is 0. The highest BCUT2D eigenvalue weighted by molar-refractivity contribution is 5.81. The number of rotatable bonds is 2. The van der Waals surface area contributed by atoms with Gasteiger partial charge in [0.1, 0.15) is 6.10 Å². The van der Waals surface area contributed by atoms with E-state index in [0.29, 0.717) is 6.42 Å². The van der Waals surface area contributed by atoms with Gasteiger partial charge in [-0.25, -0.2) is 4.79 Å². The Bertz CT molecular complexity index is 261. The lowest BCUT2D eigenvalue weighted by molar-refractivity contribution is -0.140. The molecule has 0 aromatic heterocycles. The second kappa shape index (κ2) is 3.39. The van der Waals surface area contributed by atoms with Crippen LogP contribution >= 0.6 is 0 Å². The van der Waals surface area contributed by atoms with Crippen LogP contribution in [-0.4, -0.2) is 12.1 Å². The molecule has 0 saturated heterocycles. The van der Waals surface area contributed by atoms with E-state index in [1.54, 1.807) is 0 Å². The third-order valence-corrected chi connectivity index (χ3v) is 1.88. The van der Waals surface area contributed by atoms with E-state index in [4.69, 9.17) is 4.74 Å². The minimum absolute atomic E-state index is 0.136. The molecule has 0 aromatic carbocycles. The number of hydrogen-bond acceptors (Lipinski definition) is 2. The molecule has 1 rings (SSSR count). The Morgan fingerprint density at radius 2 is 2.50 bits per heavy atom. The van der Waals surface area contributed by atoms with E-state index < -0.39 is 0 Å². The van der Waals surface area contributed by atoms with Crippen molar-refractivity contribution in [3.05, 3.63) is 36.5 Å². The van der Waals surface area contributed by atoms with Crippen LogP contribution in [0.15, 0.2) is 36.5 Å². The Hall–Kier alpha value is -1.31. The molecule has 0 bridgehead atoms. The molecule has 1 atom stereocenters. The van der Waals surface area contributed by atoms with Gasteiger partial charge < -0.3 is 4.74 Å². The lowest BCUT2D eigenvalue weighted by atomic mass is 10.2. The monoisotopic (exact) mass is 164 g/mol. The van der Waals surface area contributed by atoms with Crippen molar-refractivity contribution in [1.29, 1.82) is 0 Å². The van der Waals surface area contributed by atoms with Gasteiger partial charge in [0.25, 0.3) is 0 Å². The number of allylic oxidation sites excluding steroid dienone is 1. The molecule has 12 heavy (non-hydrogen) atoms. The Balaban J connectivity index is 2.53. The quantitative estimate of drug-likeness (QED) is 0.461. The van der Waals surface area contributed by atoms with Gasteiger partial charge in [0.05, 0.1) is 0 Å². The van der Waals surface area contributed by atoms with Gasteiger partial charge in [-0.15, -0.1) is 0 Å². The molecule has 2 heteroatoms. The van der Waals surface area contributed by atoms with Crippen LogP contribution in [0.5, 0.6) is 0 Å². The fraction of sp³-hybridized carbons (Fsp3) is 0.300. The van der Waals surface area contributed by atoms with Gasteiger partial charge in [-0.05, 0) is 24.1 Å². The molecule has 1 unspecified atom stereocenters. The normalized spacial score (nSPS) is 21.9. The van der Waals surface area contributed by atoms with Crippen LogP contribution in [0.3, 0.4) is 0 Å². The molecule has 0 aliphatic heterocycles. The maximum absolute atomic E-state index is 10.8. The molecule has 0 heterocycles. The SMILES string of the molecule is C=CC(=O)OC1C=C(C)C(=C)C1. The van der Waals surface area contributed by atoms with Crippen LogP contribution in [0.25, 0.3) is 0 Å². The highest BCUT2D eigenvalue weighted by Gasteiger charge is 2.18. The summed E-state index contributed by atoms with van der Waals surface area (Å²) in [6, 6.07) is 0. The van der Waals surface area contributed by atoms with Crippen molar-refractivity contribution in [2.45, 2.75) is 19.4 Å². The smallest absolute Gasteiger partial charge is 0.330 e. The Morgan fingerprint density at radius 1 is 1.83 bits per heavy atom. The van der Waals surface area contributed by atoms with Crippen LogP contribution in [0.4, 0.5) is 0 Å². The van der Waals surface area contributed by atoms with E-state index >= 15 is 0 Å². The third-order valence-electron chi connectivity index (χ3n) is 1.88. The lowest BCUT2D eigenvalue weighted by Gasteiger charge is -2.06. The van der Waals surface area contributed by atoms with Crippen LogP contribution in [0.1, 0.15) is 13.3 Å². The van der Waals surface area contributed by atoms with Gasteiger partial charge in [-0.2, -0.15) is 0 Å². The molecule has 64 valence electrons. The highest BCUT2D eigenvalue weighted by Crippen LogP contribution is 2.24. The summed E-state index contributed by atoms with van der Waals surface area (Å²) in [6.07, 6.45) is 3.65. The summed E-state index contributed by atoms with van der Waals surface area (Å²) in [4.78, 5) is 10.8. The van der Waals surface area contributed by atoms with E-state index in [1.807, 2.05) is 13.0 Å². The lowest BCUT2D eigenvalue weighted by Crippen LogP contribution is -2.11. The van der Waals surface area contributed by atoms with Crippen LogP contribution < -0.4 is 0 Å². The van der Waals surface area contributed by atoms with Crippen molar-refractivity contribution in [3.8, 4) is 0 Å². The molecule has 0 spiro atoms. The second-order valence-corrected chi connectivity index (χ2v) is 2.84. The molecular formula is C10H12O2. The first-order valence-electron chi connectivity index (χ1n) is 3.83. The summed E-state index contributed by atoms with van der Waals surface area (Å²) < 4.78 is 5.01. The summed E-state index contributed by atoms with van der Waals surface area (Å²) in [5.41, 5.74) is 2.15. The van der Waals surface area contributed by atoms with Gasteiger partial charge >= 0.3 is 5.97 Å². The maximum Gasteiger partial charge on any atom is 0.330 e. The van der Waals surface area contributed by atoms with E-state index in [0.717, 1.165) is 11.1 Å². The van der Waals surface area contributed by atoms with Crippen molar-refractivity contribution in [3.63, 3.8) is 0 Å². The zero-order chi connectivity index (χ0) is 9.14. The predicted octanol–water partition coefficient (Wildman–Crippen LogP) is 1.99. The van der Waals surface area contributed by atoms with Gasteiger partial charge in [0.15, 0.2) is 0 Å². The summed E-state index contributed by atoms with van der Waals surface area (Å²) in [6.45, 7) is 9.12. The Morgan fingerprint density at radius 3 is 2.92 bits per heavy atom. The molecule has 0 aromatic rings. The van der Waals surface area contributed by atoms with E-state index in [9.17, 15) is 4.79 Å². The molecule has 2 nitrogen and oxygen atoms in total. The Kier molecular flexibility index (Phi) is 2.48. The zero-order valence-corrected chi connectivity index (χ0v) is 7.17. The highest BCUT2D eigenvalue weighted by atomic mass is 16.5. The van der Waals surface area contributed by atoms with Crippen molar-refractivity contribution < 1.29 is 9.53 Å².